The van der Waals surface area contributed by atoms with Gasteiger partial charge in [-0.15, -0.1) is 11.8 Å². The van der Waals surface area contributed by atoms with E-state index in [1.54, 1.807) is 11.8 Å². The van der Waals surface area contributed by atoms with E-state index in [0.29, 0.717) is 5.56 Å². The fourth-order valence-electron chi connectivity index (χ4n) is 2.58. The van der Waals surface area contributed by atoms with E-state index in [1.165, 1.54) is 0 Å². The molecule has 1 amide bonds. The Morgan fingerprint density at radius 2 is 1.69 bits per heavy atom. The Labute approximate surface area is 158 Å². The van der Waals surface area contributed by atoms with Crippen molar-refractivity contribution in [2.24, 2.45) is 0 Å². The molecule has 3 aromatic rings. The molecule has 4 nitrogen and oxygen atoms in total. The zero-order valence-electron chi connectivity index (χ0n) is 14.6. The lowest BCUT2D eigenvalue weighted by Crippen LogP contribution is -2.13. The van der Waals surface area contributed by atoms with Gasteiger partial charge in [-0.2, -0.15) is 0 Å². The third-order valence-corrected chi connectivity index (χ3v) is 4.73. The van der Waals surface area contributed by atoms with Gasteiger partial charge in [-0.1, -0.05) is 18.2 Å². The normalized spacial score (nSPS) is 10.3. The molecule has 2 aromatic carbocycles. The summed E-state index contributed by atoms with van der Waals surface area (Å²) in [6.07, 6.45) is 4.64. The minimum absolute atomic E-state index is 0.0918. The number of nitrogens with one attached hydrogen (secondary N) is 2. The van der Waals surface area contributed by atoms with E-state index in [2.05, 4.69) is 15.6 Å². The molecule has 0 aliphatic carbocycles. The molecule has 1 aromatic heterocycles. The Kier molecular flexibility index (Phi) is 6.28. The molecule has 0 saturated heterocycles. The van der Waals surface area contributed by atoms with Gasteiger partial charge in [-0.3, -0.25) is 9.78 Å². The number of hydrogen-bond donors (Lipinski definition) is 2. The molecule has 2 N–H and O–H groups in total. The highest BCUT2D eigenvalue weighted by Gasteiger charge is 2.10. The second kappa shape index (κ2) is 9.06. The number of hydrogen-bond acceptors (Lipinski definition) is 4. The van der Waals surface area contributed by atoms with Crippen molar-refractivity contribution in [2.45, 2.75) is 11.3 Å². The maximum atomic E-state index is 12.5. The second-order valence-corrected chi connectivity index (χ2v) is 6.58. The van der Waals surface area contributed by atoms with E-state index in [9.17, 15) is 4.79 Å². The smallest absolute Gasteiger partial charge is 0.256 e. The van der Waals surface area contributed by atoms with Crippen LogP contribution in [0.15, 0.2) is 77.8 Å². The Bertz CT molecular complexity index is 851. The van der Waals surface area contributed by atoms with Crippen molar-refractivity contribution in [1.29, 1.82) is 0 Å². The van der Waals surface area contributed by atoms with Crippen molar-refractivity contribution >= 4 is 29.0 Å². The lowest BCUT2D eigenvalue weighted by molar-refractivity contribution is 0.102. The highest BCUT2D eigenvalue weighted by molar-refractivity contribution is 7.98. The number of carbonyl (C=O) groups is 1. The third kappa shape index (κ3) is 4.86. The monoisotopic (exact) mass is 363 g/mol. The Balaban J connectivity index is 1.55. The van der Waals surface area contributed by atoms with Gasteiger partial charge >= 0.3 is 0 Å². The van der Waals surface area contributed by atoms with Gasteiger partial charge in [0.15, 0.2) is 0 Å². The van der Waals surface area contributed by atoms with Gasteiger partial charge in [-0.05, 0) is 54.8 Å². The molecule has 0 aliphatic heterocycles. The van der Waals surface area contributed by atoms with E-state index in [-0.39, 0.29) is 5.91 Å². The van der Waals surface area contributed by atoms with Gasteiger partial charge in [-0.25, -0.2) is 0 Å². The summed E-state index contributed by atoms with van der Waals surface area (Å²) in [5.74, 6) is -0.0918. The first-order valence-electron chi connectivity index (χ1n) is 8.44. The molecule has 0 fully saturated rings. The minimum Gasteiger partial charge on any atom is -0.385 e. The zero-order chi connectivity index (χ0) is 18.2. The molecule has 132 valence electrons. The first-order valence-corrected chi connectivity index (χ1v) is 9.67. The molecule has 0 saturated carbocycles. The van der Waals surface area contributed by atoms with Crippen molar-refractivity contribution in [3.05, 3.63) is 84.2 Å². The summed E-state index contributed by atoms with van der Waals surface area (Å²) < 4.78 is 0. The summed E-state index contributed by atoms with van der Waals surface area (Å²) in [5, 5.41) is 6.32. The van der Waals surface area contributed by atoms with Gasteiger partial charge < -0.3 is 10.6 Å². The number of carbonyl (C=O) groups excluding carboxylic acids is 1. The Morgan fingerprint density at radius 1 is 0.962 bits per heavy atom. The number of anilines is 2. The molecule has 26 heavy (non-hydrogen) atoms. The quantitative estimate of drug-likeness (QED) is 0.597. The van der Waals surface area contributed by atoms with E-state index in [1.807, 2.05) is 79.2 Å². The van der Waals surface area contributed by atoms with Crippen LogP contribution in [0.5, 0.6) is 0 Å². The van der Waals surface area contributed by atoms with Crippen LogP contribution >= 0.6 is 11.8 Å². The van der Waals surface area contributed by atoms with Crippen LogP contribution in [0, 0.1) is 0 Å². The molecule has 0 atom stereocenters. The fourth-order valence-corrected chi connectivity index (χ4v) is 3.18. The van der Waals surface area contributed by atoms with Gasteiger partial charge in [0.25, 0.3) is 5.91 Å². The average molecular weight is 363 g/mol. The van der Waals surface area contributed by atoms with Crippen LogP contribution in [0.1, 0.15) is 16.1 Å². The lowest BCUT2D eigenvalue weighted by atomic mass is 10.2. The molecule has 0 spiro atoms. The molecule has 1 heterocycles. The highest BCUT2D eigenvalue weighted by Crippen LogP contribution is 2.21. The lowest BCUT2D eigenvalue weighted by Gasteiger charge is -2.10. The molecule has 0 radical (unpaired) electrons. The molecule has 0 unspecified atom stereocenters. The molecule has 3 rings (SSSR count). The van der Waals surface area contributed by atoms with Gasteiger partial charge in [0, 0.05) is 41.1 Å². The molecular weight excluding hydrogens is 342 g/mol. The van der Waals surface area contributed by atoms with E-state index in [0.717, 1.165) is 34.9 Å². The van der Waals surface area contributed by atoms with Crippen molar-refractivity contribution in [3.8, 4) is 0 Å². The summed E-state index contributed by atoms with van der Waals surface area (Å²) >= 11 is 1.57. The number of benzene rings is 2. The standard InChI is InChI=1S/C21H21N3OS/c1-26-20-8-3-2-7-19(20)21(25)24-18-11-9-17(10-12-18)23-15-13-16-6-4-5-14-22-16/h2-12,14,23H,13,15H2,1H3,(H,24,25). The number of aromatic nitrogens is 1. The predicted molar refractivity (Wildman–Crippen MR) is 109 cm³/mol. The fraction of sp³-hybridized carbons (Fsp3) is 0.143. The number of nitrogens with zero attached hydrogens (tertiary/aromatic N) is 1. The summed E-state index contributed by atoms with van der Waals surface area (Å²) in [7, 11) is 0. The van der Waals surface area contributed by atoms with Crippen molar-refractivity contribution in [2.75, 3.05) is 23.4 Å². The first kappa shape index (κ1) is 18.0. The van der Waals surface area contributed by atoms with Crippen molar-refractivity contribution < 1.29 is 4.79 Å². The zero-order valence-corrected chi connectivity index (χ0v) is 15.4. The van der Waals surface area contributed by atoms with Crippen LogP contribution in [0.3, 0.4) is 0 Å². The largest absolute Gasteiger partial charge is 0.385 e. The second-order valence-electron chi connectivity index (χ2n) is 5.73. The first-order chi connectivity index (χ1) is 12.8. The predicted octanol–water partition coefficient (Wildman–Crippen LogP) is 4.71. The van der Waals surface area contributed by atoms with Crippen LogP contribution in [0.4, 0.5) is 11.4 Å². The van der Waals surface area contributed by atoms with Crippen LogP contribution < -0.4 is 10.6 Å². The van der Waals surface area contributed by atoms with Crippen LogP contribution in [-0.4, -0.2) is 23.7 Å². The summed E-state index contributed by atoms with van der Waals surface area (Å²) in [4.78, 5) is 17.7. The molecule has 5 heteroatoms. The highest BCUT2D eigenvalue weighted by atomic mass is 32.2. The van der Waals surface area contributed by atoms with Crippen molar-refractivity contribution in [3.63, 3.8) is 0 Å². The maximum Gasteiger partial charge on any atom is 0.256 e. The summed E-state index contributed by atoms with van der Waals surface area (Å²) in [6, 6.07) is 21.3. The number of rotatable bonds is 7. The van der Waals surface area contributed by atoms with E-state index in [4.69, 9.17) is 0 Å². The summed E-state index contributed by atoms with van der Waals surface area (Å²) in [5.41, 5.74) is 3.55. The topological polar surface area (TPSA) is 54.0 Å². The van der Waals surface area contributed by atoms with Gasteiger partial charge in [0.2, 0.25) is 0 Å². The van der Waals surface area contributed by atoms with Crippen LogP contribution in [-0.2, 0) is 6.42 Å². The van der Waals surface area contributed by atoms with Gasteiger partial charge in [0.05, 0.1) is 5.56 Å². The molecule has 0 aliphatic rings. The Hall–Kier alpha value is -2.79. The number of amides is 1. The van der Waals surface area contributed by atoms with E-state index >= 15 is 0 Å². The van der Waals surface area contributed by atoms with E-state index < -0.39 is 0 Å². The van der Waals surface area contributed by atoms with Gasteiger partial charge in [0.1, 0.15) is 0 Å². The summed E-state index contributed by atoms with van der Waals surface area (Å²) in [6.45, 7) is 0.809. The van der Waals surface area contributed by atoms with Crippen LogP contribution in [0.2, 0.25) is 0 Å². The molecular formula is C21H21N3OS. The number of thioether (sulfide) groups is 1. The minimum atomic E-state index is -0.0918. The maximum absolute atomic E-state index is 12.5. The Morgan fingerprint density at radius 3 is 2.42 bits per heavy atom. The average Bonchev–Trinajstić information content (AvgIpc) is 2.70. The SMILES string of the molecule is CSc1ccccc1C(=O)Nc1ccc(NCCc2ccccn2)cc1. The van der Waals surface area contributed by atoms with Crippen molar-refractivity contribution in [1.82, 2.24) is 4.98 Å². The van der Waals surface area contributed by atoms with Crippen LogP contribution in [0.25, 0.3) is 0 Å². The molecule has 0 bridgehead atoms. The number of pyridine rings is 1. The third-order valence-electron chi connectivity index (χ3n) is 3.93.